The van der Waals surface area contributed by atoms with Crippen molar-refractivity contribution < 1.29 is 23.8 Å². The molecule has 0 unspecified atom stereocenters. The summed E-state index contributed by atoms with van der Waals surface area (Å²) in [6.45, 7) is 0.940. The highest BCUT2D eigenvalue weighted by Gasteiger charge is 2.18. The molecule has 1 saturated heterocycles. The summed E-state index contributed by atoms with van der Waals surface area (Å²) in [5, 5.41) is 12.0. The van der Waals surface area contributed by atoms with Crippen LogP contribution in [0.25, 0.3) is 11.4 Å². The molecular formula is C20H27N5O5. The zero-order valence-electron chi connectivity index (χ0n) is 17.4. The summed E-state index contributed by atoms with van der Waals surface area (Å²) in [7, 11) is 3.09. The lowest BCUT2D eigenvalue weighted by Gasteiger charge is -2.24. The van der Waals surface area contributed by atoms with E-state index < -0.39 is 5.97 Å². The van der Waals surface area contributed by atoms with Crippen molar-refractivity contribution in [2.75, 3.05) is 33.9 Å². The number of ether oxygens (including phenoxy) is 3. The third-order valence-corrected chi connectivity index (χ3v) is 4.93. The zero-order chi connectivity index (χ0) is 21.3. The van der Waals surface area contributed by atoms with E-state index in [0.29, 0.717) is 22.9 Å². The lowest BCUT2D eigenvalue weighted by atomic mass is 10.1. The van der Waals surface area contributed by atoms with Crippen molar-refractivity contribution in [1.82, 2.24) is 25.1 Å². The lowest BCUT2D eigenvalue weighted by molar-refractivity contribution is -0.153. The van der Waals surface area contributed by atoms with Crippen LogP contribution in [0.3, 0.4) is 0 Å². The Morgan fingerprint density at radius 2 is 1.70 bits per heavy atom. The molecule has 1 fully saturated rings. The molecule has 1 amide bonds. The number of rotatable bonds is 7. The van der Waals surface area contributed by atoms with E-state index >= 15 is 0 Å². The number of hydrogen-bond donors (Lipinski definition) is 0. The number of tetrazole rings is 1. The highest BCUT2D eigenvalue weighted by atomic mass is 16.5. The maximum atomic E-state index is 12.3. The molecule has 0 bridgehead atoms. The molecule has 0 saturated carbocycles. The Morgan fingerprint density at radius 1 is 1.00 bits per heavy atom. The van der Waals surface area contributed by atoms with E-state index in [0.717, 1.165) is 43.6 Å². The minimum Gasteiger partial charge on any atom is -0.493 e. The van der Waals surface area contributed by atoms with Crippen LogP contribution in [0.5, 0.6) is 11.5 Å². The average Bonchev–Trinajstić information content (AvgIpc) is 3.19. The Labute approximate surface area is 175 Å². The van der Waals surface area contributed by atoms with Crippen LogP contribution in [-0.2, 0) is 20.9 Å². The zero-order valence-corrected chi connectivity index (χ0v) is 17.4. The number of nitrogens with zero attached hydrogens (tertiary/aromatic N) is 5. The van der Waals surface area contributed by atoms with Gasteiger partial charge in [-0.1, -0.05) is 19.3 Å². The molecule has 0 atom stereocenters. The number of esters is 1. The second kappa shape index (κ2) is 10.6. The van der Waals surface area contributed by atoms with Crippen LogP contribution in [0.15, 0.2) is 18.2 Å². The summed E-state index contributed by atoms with van der Waals surface area (Å²) in [6.07, 6.45) is 5.45. The van der Waals surface area contributed by atoms with Crippen LogP contribution in [0.2, 0.25) is 0 Å². The van der Waals surface area contributed by atoms with Gasteiger partial charge in [-0.25, -0.2) is 4.79 Å². The van der Waals surface area contributed by atoms with Crippen molar-refractivity contribution >= 4 is 11.9 Å². The molecule has 0 radical (unpaired) electrons. The molecule has 0 N–H and O–H groups in total. The van der Waals surface area contributed by atoms with Crippen molar-refractivity contribution in [3.8, 4) is 22.9 Å². The highest BCUT2D eigenvalue weighted by molar-refractivity contribution is 5.80. The first kappa shape index (κ1) is 21.5. The number of likely N-dealkylation sites (tertiary alicyclic amines) is 1. The number of amides is 1. The molecule has 1 aliphatic rings. The van der Waals surface area contributed by atoms with Gasteiger partial charge >= 0.3 is 5.97 Å². The van der Waals surface area contributed by atoms with Crippen LogP contribution >= 0.6 is 0 Å². The van der Waals surface area contributed by atoms with Gasteiger partial charge < -0.3 is 19.1 Å². The highest BCUT2D eigenvalue weighted by Crippen LogP contribution is 2.30. The summed E-state index contributed by atoms with van der Waals surface area (Å²) in [5.74, 6) is 0.699. The molecule has 2 heterocycles. The van der Waals surface area contributed by atoms with Gasteiger partial charge in [0.25, 0.3) is 5.91 Å². The standard InChI is InChI=1S/C20H27N5O5/c1-28-16-9-8-15(12-17(16)29-2)20-21-23-25(22-20)13-19(27)30-14-18(26)24-10-6-4-3-5-7-11-24/h8-9,12H,3-7,10-11,13-14H2,1-2H3. The fourth-order valence-corrected chi connectivity index (χ4v) is 3.29. The number of carbonyl (C=O) groups excluding carboxylic acids is 2. The Balaban J connectivity index is 1.53. The van der Waals surface area contributed by atoms with E-state index in [1.54, 1.807) is 30.2 Å². The normalized spacial score (nSPS) is 14.5. The maximum absolute atomic E-state index is 12.3. The summed E-state index contributed by atoms with van der Waals surface area (Å²) in [4.78, 5) is 27.3. The average molecular weight is 417 g/mol. The van der Waals surface area contributed by atoms with Gasteiger partial charge in [-0.2, -0.15) is 4.80 Å². The fraction of sp³-hybridized carbons (Fsp3) is 0.550. The van der Waals surface area contributed by atoms with Gasteiger partial charge in [-0.05, 0) is 36.3 Å². The van der Waals surface area contributed by atoms with Crippen LogP contribution in [0, 0.1) is 0 Å². The number of carbonyl (C=O) groups is 2. The predicted octanol–water partition coefficient (Wildman–Crippen LogP) is 1.69. The Morgan fingerprint density at radius 3 is 2.40 bits per heavy atom. The molecule has 162 valence electrons. The minimum atomic E-state index is -0.591. The number of methoxy groups -OCH3 is 2. The molecule has 1 aromatic carbocycles. The van der Waals surface area contributed by atoms with E-state index in [4.69, 9.17) is 14.2 Å². The lowest BCUT2D eigenvalue weighted by Crippen LogP contribution is -2.37. The molecule has 3 rings (SSSR count). The summed E-state index contributed by atoms with van der Waals surface area (Å²) >= 11 is 0. The van der Waals surface area contributed by atoms with E-state index in [1.807, 2.05) is 0 Å². The first-order valence-corrected chi connectivity index (χ1v) is 10.0. The predicted molar refractivity (Wildman–Crippen MR) is 107 cm³/mol. The van der Waals surface area contributed by atoms with E-state index in [9.17, 15) is 9.59 Å². The van der Waals surface area contributed by atoms with Gasteiger partial charge in [0.15, 0.2) is 24.7 Å². The third-order valence-electron chi connectivity index (χ3n) is 4.93. The molecule has 10 heteroatoms. The Bertz CT molecular complexity index is 861. The summed E-state index contributed by atoms with van der Waals surface area (Å²) in [6, 6.07) is 5.23. The van der Waals surface area contributed by atoms with Crippen molar-refractivity contribution in [2.45, 2.75) is 38.6 Å². The molecule has 30 heavy (non-hydrogen) atoms. The quantitative estimate of drug-likeness (QED) is 0.626. The van der Waals surface area contributed by atoms with Crippen LogP contribution in [-0.4, -0.2) is 70.9 Å². The second-order valence-corrected chi connectivity index (χ2v) is 7.02. The first-order chi connectivity index (χ1) is 14.6. The molecule has 1 aromatic heterocycles. The van der Waals surface area contributed by atoms with Gasteiger partial charge in [0.1, 0.15) is 0 Å². The number of aromatic nitrogens is 4. The number of hydrogen-bond acceptors (Lipinski definition) is 8. The molecule has 10 nitrogen and oxygen atoms in total. The smallest absolute Gasteiger partial charge is 0.330 e. The van der Waals surface area contributed by atoms with Gasteiger partial charge in [0.05, 0.1) is 14.2 Å². The van der Waals surface area contributed by atoms with E-state index in [1.165, 1.54) is 13.5 Å². The topological polar surface area (TPSA) is 109 Å². The summed E-state index contributed by atoms with van der Waals surface area (Å²) < 4.78 is 15.6. The molecule has 0 spiro atoms. The van der Waals surface area contributed by atoms with Crippen LogP contribution in [0.1, 0.15) is 32.1 Å². The van der Waals surface area contributed by atoms with E-state index in [-0.39, 0.29) is 19.1 Å². The fourth-order valence-electron chi connectivity index (χ4n) is 3.29. The summed E-state index contributed by atoms with van der Waals surface area (Å²) in [5.41, 5.74) is 0.666. The van der Waals surface area contributed by atoms with Crippen LogP contribution < -0.4 is 9.47 Å². The third kappa shape index (κ3) is 5.68. The van der Waals surface area contributed by atoms with Crippen LogP contribution in [0.4, 0.5) is 0 Å². The van der Waals surface area contributed by atoms with Crippen molar-refractivity contribution in [3.05, 3.63) is 18.2 Å². The second-order valence-electron chi connectivity index (χ2n) is 7.02. The van der Waals surface area contributed by atoms with Crippen molar-refractivity contribution in [1.29, 1.82) is 0 Å². The van der Waals surface area contributed by atoms with E-state index in [2.05, 4.69) is 15.4 Å². The van der Waals surface area contributed by atoms with Gasteiger partial charge in [0.2, 0.25) is 5.82 Å². The van der Waals surface area contributed by atoms with Gasteiger partial charge in [-0.3, -0.25) is 4.79 Å². The van der Waals surface area contributed by atoms with Crippen molar-refractivity contribution in [3.63, 3.8) is 0 Å². The molecular weight excluding hydrogens is 390 g/mol. The Hall–Kier alpha value is -3.17. The molecule has 1 aliphatic heterocycles. The largest absolute Gasteiger partial charge is 0.493 e. The Kier molecular flexibility index (Phi) is 7.58. The first-order valence-electron chi connectivity index (χ1n) is 10.0. The van der Waals surface area contributed by atoms with Crippen molar-refractivity contribution in [2.24, 2.45) is 0 Å². The SMILES string of the molecule is COc1ccc(-c2nnn(CC(=O)OCC(=O)N3CCCCCCC3)n2)cc1OC. The molecule has 0 aliphatic carbocycles. The molecule has 2 aromatic rings. The minimum absolute atomic E-state index is 0.164. The maximum Gasteiger partial charge on any atom is 0.330 e. The van der Waals surface area contributed by atoms with Gasteiger partial charge in [0, 0.05) is 18.7 Å². The van der Waals surface area contributed by atoms with Gasteiger partial charge in [-0.15, -0.1) is 10.2 Å². The monoisotopic (exact) mass is 417 g/mol. The number of benzene rings is 1.